The predicted molar refractivity (Wildman–Crippen MR) is 62.8 cm³/mol. The highest BCUT2D eigenvalue weighted by molar-refractivity contribution is 5.82. The largest absolute Gasteiger partial charge is 0.329 e. The van der Waals surface area contributed by atoms with Crippen LogP contribution in [0.3, 0.4) is 0 Å². The Morgan fingerprint density at radius 3 is 3.07 bits per heavy atom. The van der Waals surface area contributed by atoms with Gasteiger partial charge in [-0.3, -0.25) is 0 Å². The van der Waals surface area contributed by atoms with Crippen molar-refractivity contribution >= 4 is 10.9 Å². The van der Waals surface area contributed by atoms with Crippen molar-refractivity contribution in [1.29, 1.82) is 0 Å². The summed E-state index contributed by atoms with van der Waals surface area (Å²) in [5, 5.41) is 1.34. The first-order valence-electron chi connectivity index (χ1n) is 5.62. The van der Waals surface area contributed by atoms with Gasteiger partial charge in [0.1, 0.15) is 0 Å². The molecule has 1 aromatic heterocycles. The molecule has 1 atom stereocenters. The van der Waals surface area contributed by atoms with E-state index in [1.54, 1.807) is 0 Å². The fraction of sp³-hybridized carbons (Fsp3) is 0.385. The van der Waals surface area contributed by atoms with Gasteiger partial charge in [0, 0.05) is 16.6 Å². The van der Waals surface area contributed by atoms with E-state index in [1.807, 2.05) is 0 Å². The maximum Gasteiger partial charge on any atom is 0.0817 e. The van der Waals surface area contributed by atoms with Crippen LogP contribution in [0.15, 0.2) is 24.3 Å². The molecule has 1 aliphatic heterocycles. The molecule has 1 aromatic carbocycles. The zero-order chi connectivity index (χ0) is 10.4. The van der Waals surface area contributed by atoms with Crippen molar-refractivity contribution in [2.45, 2.75) is 32.4 Å². The maximum absolute atomic E-state index is 6.16. The smallest absolute Gasteiger partial charge is 0.0817 e. The Bertz CT molecular complexity index is 510. The normalized spacial score (nSPS) is 20.5. The highest BCUT2D eigenvalue weighted by Crippen LogP contribution is 2.29. The molecule has 0 aliphatic carbocycles. The van der Waals surface area contributed by atoms with Crippen LogP contribution in [0.25, 0.3) is 10.9 Å². The molecule has 1 aliphatic rings. The minimum Gasteiger partial charge on any atom is -0.329 e. The summed E-state index contributed by atoms with van der Waals surface area (Å²) in [6.07, 6.45) is 3.66. The third kappa shape index (κ3) is 1.29. The molecule has 2 N–H and O–H groups in total. The molecule has 3 rings (SSSR count). The number of hydrogen-bond donors (Lipinski definition) is 1. The van der Waals surface area contributed by atoms with Crippen molar-refractivity contribution in [3.63, 3.8) is 0 Å². The van der Waals surface area contributed by atoms with Gasteiger partial charge in [-0.25, -0.2) is 0 Å². The number of fused-ring (bicyclic) bond motifs is 3. The van der Waals surface area contributed by atoms with Crippen LogP contribution < -0.4 is 5.73 Å². The maximum atomic E-state index is 6.16. The summed E-state index contributed by atoms with van der Waals surface area (Å²) in [5.74, 6) is 0. The zero-order valence-corrected chi connectivity index (χ0v) is 9.03. The van der Waals surface area contributed by atoms with Crippen LogP contribution in [0.4, 0.5) is 0 Å². The van der Waals surface area contributed by atoms with E-state index in [9.17, 15) is 0 Å². The lowest BCUT2D eigenvalue weighted by molar-refractivity contribution is 0.425. The third-order valence-electron chi connectivity index (χ3n) is 3.34. The topological polar surface area (TPSA) is 30.9 Å². The van der Waals surface area contributed by atoms with Gasteiger partial charge in [-0.1, -0.05) is 11.6 Å². The van der Waals surface area contributed by atoms with E-state index in [-0.39, 0.29) is 6.17 Å². The SMILES string of the molecule is Cc1ccc2c(c1)cc1n2C(N)CCC1. The Morgan fingerprint density at radius 2 is 2.20 bits per heavy atom. The molecule has 0 saturated heterocycles. The van der Waals surface area contributed by atoms with Crippen molar-refractivity contribution in [3.05, 3.63) is 35.5 Å². The molecule has 1 unspecified atom stereocenters. The minimum atomic E-state index is 0.175. The van der Waals surface area contributed by atoms with E-state index < -0.39 is 0 Å². The fourth-order valence-electron chi connectivity index (χ4n) is 2.62. The second-order valence-electron chi connectivity index (χ2n) is 4.53. The molecular weight excluding hydrogens is 184 g/mol. The first-order valence-corrected chi connectivity index (χ1v) is 5.62. The van der Waals surface area contributed by atoms with Crippen LogP contribution in [-0.4, -0.2) is 4.57 Å². The van der Waals surface area contributed by atoms with Crippen LogP contribution in [0.5, 0.6) is 0 Å². The number of aromatic nitrogens is 1. The van der Waals surface area contributed by atoms with Gasteiger partial charge in [0.2, 0.25) is 0 Å². The Balaban J connectivity index is 2.32. The summed E-state index contributed by atoms with van der Waals surface area (Å²) in [7, 11) is 0. The predicted octanol–water partition coefficient (Wildman–Crippen LogP) is 2.74. The molecule has 15 heavy (non-hydrogen) atoms. The Morgan fingerprint density at radius 1 is 1.33 bits per heavy atom. The van der Waals surface area contributed by atoms with Crippen molar-refractivity contribution < 1.29 is 0 Å². The number of benzene rings is 1. The van der Waals surface area contributed by atoms with Crippen LogP contribution in [0.2, 0.25) is 0 Å². The van der Waals surface area contributed by atoms with Gasteiger partial charge in [0.25, 0.3) is 0 Å². The van der Waals surface area contributed by atoms with Crippen molar-refractivity contribution in [2.75, 3.05) is 0 Å². The average Bonchev–Trinajstić information content (AvgIpc) is 2.56. The minimum absolute atomic E-state index is 0.175. The molecule has 0 amide bonds. The molecule has 0 fully saturated rings. The molecule has 0 spiro atoms. The Labute approximate surface area is 89.7 Å². The lowest BCUT2D eigenvalue weighted by atomic mass is 10.1. The van der Waals surface area contributed by atoms with E-state index >= 15 is 0 Å². The highest BCUT2D eigenvalue weighted by Gasteiger charge is 2.18. The van der Waals surface area contributed by atoms with Gasteiger partial charge < -0.3 is 10.3 Å². The van der Waals surface area contributed by atoms with Crippen LogP contribution >= 0.6 is 0 Å². The molecule has 2 heteroatoms. The van der Waals surface area contributed by atoms with Crippen molar-refractivity contribution in [3.8, 4) is 0 Å². The summed E-state index contributed by atoms with van der Waals surface area (Å²) in [5.41, 5.74) is 10.2. The van der Waals surface area contributed by atoms with E-state index in [1.165, 1.54) is 35.0 Å². The number of nitrogens with two attached hydrogens (primary N) is 1. The van der Waals surface area contributed by atoms with Crippen LogP contribution in [0.1, 0.15) is 30.3 Å². The third-order valence-corrected chi connectivity index (χ3v) is 3.34. The lowest BCUT2D eigenvalue weighted by Crippen LogP contribution is -2.24. The first-order chi connectivity index (χ1) is 7.25. The molecule has 2 heterocycles. The van der Waals surface area contributed by atoms with E-state index in [4.69, 9.17) is 5.73 Å². The second kappa shape index (κ2) is 3.11. The highest BCUT2D eigenvalue weighted by atomic mass is 15.1. The monoisotopic (exact) mass is 200 g/mol. The second-order valence-corrected chi connectivity index (χ2v) is 4.53. The Hall–Kier alpha value is -1.28. The van der Waals surface area contributed by atoms with Crippen LogP contribution in [0, 0.1) is 6.92 Å². The van der Waals surface area contributed by atoms with Gasteiger partial charge in [-0.15, -0.1) is 0 Å². The molecular formula is C13H16N2. The molecule has 0 bridgehead atoms. The summed E-state index contributed by atoms with van der Waals surface area (Å²) in [4.78, 5) is 0. The number of nitrogens with zero attached hydrogens (tertiary/aromatic N) is 1. The van der Waals surface area contributed by atoms with Gasteiger partial charge in [-0.2, -0.15) is 0 Å². The molecule has 2 aromatic rings. The number of hydrogen-bond acceptors (Lipinski definition) is 1. The molecule has 2 nitrogen and oxygen atoms in total. The summed E-state index contributed by atoms with van der Waals surface area (Å²) >= 11 is 0. The fourth-order valence-corrected chi connectivity index (χ4v) is 2.62. The van der Waals surface area contributed by atoms with Gasteiger partial charge in [-0.05, 0) is 44.4 Å². The van der Waals surface area contributed by atoms with Crippen molar-refractivity contribution in [2.24, 2.45) is 5.73 Å². The summed E-state index contributed by atoms with van der Waals surface area (Å²) in [6, 6.07) is 8.89. The number of rotatable bonds is 0. The van der Waals surface area contributed by atoms with E-state index in [0.717, 1.165) is 6.42 Å². The molecule has 0 radical (unpaired) electrons. The van der Waals surface area contributed by atoms with E-state index in [2.05, 4.69) is 35.8 Å². The van der Waals surface area contributed by atoms with Gasteiger partial charge in [0.15, 0.2) is 0 Å². The lowest BCUT2D eigenvalue weighted by Gasteiger charge is -2.23. The van der Waals surface area contributed by atoms with Gasteiger partial charge >= 0.3 is 0 Å². The quantitative estimate of drug-likeness (QED) is 0.696. The first kappa shape index (κ1) is 8.98. The van der Waals surface area contributed by atoms with Crippen molar-refractivity contribution in [1.82, 2.24) is 4.57 Å². The number of aryl methyl sites for hydroxylation is 2. The van der Waals surface area contributed by atoms with Gasteiger partial charge in [0.05, 0.1) is 6.17 Å². The average molecular weight is 200 g/mol. The molecule has 78 valence electrons. The van der Waals surface area contributed by atoms with E-state index in [0.29, 0.717) is 0 Å². The summed E-state index contributed by atoms with van der Waals surface area (Å²) in [6.45, 7) is 2.13. The molecule has 0 saturated carbocycles. The Kier molecular flexibility index (Phi) is 1.86. The standard InChI is InChI=1S/C13H16N2/c1-9-5-6-12-10(7-9)8-11-3-2-4-13(14)15(11)12/h5-8,13H,2-4,14H2,1H3. The van der Waals surface area contributed by atoms with Crippen LogP contribution in [-0.2, 0) is 6.42 Å². The summed E-state index contributed by atoms with van der Waals surface area (Å²) < 4.78 is 2.30. The zero-order valence-electron chi connectivity index (χ0n) is 9.03.